The molecule has 0 bridgehead atoms. The average Bonchev–Trinajstić information content (AvgIpc) is 2.26. The molecule has 2 saturated heterocycles. The van der Waals surface area contributed by atoms with Gasteiger partial charge in [0.1, 0.15) is 0 Å². The van der Waals surface area contributed by atoms with Gasteiger partial charge in [0, 0.05) is 13.1 Å². The highest BCUT2D eigenvalue weighted by Gasteiger charge is 2.32. The van der Waals surface area contributed by atoms with E-state index in [0.29, 0.717) is 5.91 Å². The summed E-state index contributed by atoms with van der Waals surface area (Å²) in [4.78, 5) is 14.1. The molecule has 1 amide bonds. The smallest absolute Gasteiger partial charge is 0.239 e. The van der Waals surface area contributed by atoms with Gasteiger partial charge in [-0.3, -0.25) is 4.79 Å². The molecule has 2 fully saturated rings. The van der Waals surface area contributed by atoms with Crippen molar-refractivity contribution in [3.8, 4) is 0 Å². The van der Waals surface area contributed by atoms with Gasteiger partial charge in [0.25, 0.3) is 0 Å². The maximum absolute atomic E-state index is 12.0. The minimum Gasteiger partial charge on any atom is -0.341 e. The van der Waals surface area contributed by atoms with E-state index in [1.165, 1.54) is 19.3 Å². The summed E-state index contributed by atoms with van der Waals surface area (Å²) in [6.07, 6.45) is 4.70. The van der Waals surface area contributed by atoms with Crippen LogP contribution in [0.1, 0.15) is 39.5 Å². The molecule has 2 rings (SSSR count). The van der Waals surface area contributed by atoms with E-state index in [4.69, 9.17) is 0 Å². The van der Waals surface area contributed by atoms with Crippen LogP contribution in [0.4, 0.5) is 0 Å². The molecule has 0 aliphatic carbocycles. The molecule has 2 heterocycles. The fourth-order valence-electron chi connectivity index (χ4n) is 2.74. The van der Waals surface area contributed by atoms with Crippen molar-refractivity contribution < 1.29 is 4.79 Å². The van der Waals surface area contributed by atoms with Crippen LogP contribution in [-0.4, -0.2) is 36.5 Å². The molecule has 3 nitrogen and oxygen atoms in total. The Labute approximate surface area is 98.6 Å². The summed E-state index contributed by atoms with van der Waals surface area (Å²) in [7, 11) is 0. The second kappa shape index (κ2) is 5.17. The quantitative estimate of drug-likeness (QED) is 0.790. The number of carbonyl (C=O) groups excluding carboxylic acids is 1. The number of nitrogens with zero attached hydrogens (tertiary/aromatic N) is 1. The van der Waals surface area contributed by atoms with E-state index in [2.05, 4.69) is 24.1 Å². The molecule has 0 aromatic carbocycles. The number of rotatable bonds is 3. The van der Waals surface area contributed by atoms with Crippen molar-refractivity contribution >= 4 is 5.91 Å². The normalized spacial score (nSPS) is 28.6. The molecule has 0 unspecified atom stereocenters. The largest absolute Gasteiger partial charge is 0.341 e. The Hall–Kier alpha value is -0.570. The zero-order valence-electron chi connectivity index (χ0n) is 10.5. The monoisotopic (exact) mass is 224 g/mol. The summed E-state index contributed by atoms with van der Waals surface area (Å²) in [5, 5.41) is 3.20. The van der Waals surface area contributed by atoms with Crippen LogP contribution in [0, 0.1) is 11.8 Å². The van der Waals surface area contributed by atoms with Crippen LogP contribution in [0.3, 0.4) is 0 Å². The van der Waals surface area contributed by atoms with Crippen molar-refractivity contribution in [1.82, 2.24) is 10.2 Å². The Morgan fingerprint density at radius 2 is 2.00 bits per heavy atom. The first-order valence-corrected chi connectivity index (χ1v) is 6.74. The Kier molecular flexibility index (Phi) is 3.85. The second-order valence-electron chi connectivity index (χ2n) is 5.34. The highest BCUT2D eigenvalue weighted by atomic mass is 16.2. The molecule has 2 atom stereocenters. The van der Waals surface area contributed by atoms with E-state index in [0.717, 1.165) is 37.9 Å². The van der Waals surface area contributed by atoms with E-state index < -0.39 is 0 Å². The number of nitrogens with one attached hydrogen (secondary N) is 1. The second-order valence-corrected chi connectivity index (χ2v) is 5.34. The van der Waals surface area contributed by atoms with Crippen molar-refractivity contribution in [3.63, 3.8) is 0 Å². The van der Waals surface area contributed by atoms with E-state index in [1.807, 2.05) is 0 Å². The predicted molar refractivity (Wildman–Crippen MR) is 65.2 cm³/mol. The van der Waals surface area contributed by atoms with E-state index >= 15 is 0 Å². The Bertz CT molecular complexity index is 242. The lowest BCUT2D eigenvalue weighted by Gasteiger charge is -2.38. The molecule has 92 valence electrons. The number of carbonyl (C=O) groups is 1. The molecule has 2 aliphatic heterocycles. The molecule has 2 aliphatic rings. The highest BCUT2D eigenvalue weighted by Crippen LogP contribution is 2.27. The molecule has 0 saturated carbocycles. The maximum atomic E-state index is 12.0. The first-order valence-electron chi connectivity index (χ1n) is 6.74. The van der Waals surface area contributed by atoms with Gasteiger partial charge in [-0.25, -0.2) is 0 Å². The van der Waals surface area contributed by atoms with Crippen molar-refractivity contribution in [1.29, 1.82) is 0 Å². The number of hydrogen-bond donors (Lipinski definition) is 1. The van der Waals surface area contributed by atoms with Crippen molar-refractivity contribution in [2.24, 2.45) is 11.8 Å². The van der Waals surface area contributed by atoms with Crippen molar-refractivity contribution in [2.75, 3.05) is 19.6 Å². The molecule has 1 N–H and O–H groups in total. The lowest BCUT2D eigenvalue weighted by molar-refractivity contribution is -0.136. The topological polar surface area (TPSA) is 32.3 Å². The van der Waals surface area contributed by atoms with Gasteiger partial charge in [0.15, 0.2) is 0 Å². The summed E-state index contributed by atoms with van der Waals surface area (Å²) in [5.74, 6) is 2.00. The standard InChI is InChI=1S/C13H24N2O/c1-3-10(2)11-5-8-15(9-6-11)13(16)12-4-7-14-12/h10-12,14H,3-9H2,1-2H3/t10-,12+/m0/s1. The molecular weight excluding hydrogens is 200 g/mol. The summed E-state index contributed by atoms with van der Waals surface area (Å²) in [6.45, 7) is 7.58. The van der Waals surface area contributed by atoms with E-state index in [1.54, 1.807) is 0 Å². The molecule has 0 aromatic heterocycles. The molecular formula is C13H24N2O. The summed E-state index contributed by atoms with van der Waals surface area (Å²) >= 11 is 0. The van der Waals surface area contributed by atoms with Crippen LogP contribution < -0.4 is 5.32 Å². The number of piperidine rings is 1. The fourth-order valence-corrected chi connectivity index (χ4v) is 2.74. The van der Waals surface area contributed by atoms with E-state index in [9.17, 15) is 4.79 Å². The van der Waals surface area contributed by atoms with Crippen LogP contribution in [0.5, 0.6) is 0 Å². The summed E-state index contributed by atoms with van der Waals surface area (Å²) < 4.78 is 0. The molecule has 16 heavy (non-hydrogen) atoms. The van der Waals surface area contributed by atoms with E-state index in [-0.39, 0.29) is 6.04 Å². The predicted octanol–water partition coefficient (Wildman–Crippen LogP) is 1.63. The summed E-state index contributed by atoms with van der Waals surface area (Å²) in [6, 6.07) is 0.139. The van der Waals surface area contributed by atoms with Gasteiger partial charge in [-0.05, 0) is 37.6 Å². The Morgan fingerprint density at radius 3 is 2.44 bits per heavy atom. The lowest BCUT2D eigenvalue weighted by Crippen LogP contribution is -2.55. The molecule has 3 heteroatoms. The minimum absolute atomic E-state index is 0.139. The van der Waals surface area contributed by atoms with Gasteiger partial charge in [0.05, 0.1) is 6.04 Å². The fraction of sp³-hybridized carbons (Fsp3) is 0.923. The third-order valence-electron chi connectivity index (χ3n) is 4.42. The maximum Gasteiger partial charge on any atom is 0.239 e. The number of amides is 1. The van der Waals surface area contributed by atoms with Crippen LogP contribution in [0.25, 0.3) is 0 Å². The Morgan fingerprint density at radius 1 is 1.38 bits per heavy atom. The molecule has 0 spiro atoms. The minimum atomic E-state index is 0.139. The first-order chi connectivity index (χ1) is 7.72. The third kappa shape index (κ3) is 2.40. The molecule has 0 aromatic rings. The van der Waals surface area contributed by atoms with Gasteiger partial charge < -0.3 is 10.2 Å². The van der Waals surface area contributed by atoms with Gasteiger partial charge in [0.2, 0.25) is 5.91 Å². The van der Waals surface area contributed by atoms with Crippen molar-refractivity contribution in [2.45, 2.75) is 45.6 Å². The zero-order valence-corrected chi connectivity index (χ0v) is 10.5. The Balaban J connectivity index is 1.78. The van der Waals surface area contributed by atoms with Crippen LogP contribution in [0.2, 0.25) is 0 Å². The van der Waals surface area contributed by atoms with Crippen LogP contribution in [-0.2, 0) is 4.79 Å². The van der Waals surface area contributed by atoms with Crippen LogP contribution in [0.15, 0.2) is 0 Å². The molecule has 0 radical (unpaired) electrons. The lowest BCUT2D eigenvalue weighted by atomic mass is 9.84. The zero-order chi connectivity index (χ0) is 11.5. The van der Waals surface area contributed by atoms with Crippen LogP contribution >= 0.6 is 0 Å². The number of hydrogen-bond acceptors (Lipinski definition) is 2. The highest BCUT2D eigenvalue weighted by molar-refractivity contribution is 5.82. The summed E-state index contributed by atoms with van der Waals surface area (Å²) in [5.41, 5.74) is 0. The van der Waals surface area contributed by atoms with Gasteiger partial charge in [-0.1, -0.05) is 20.3 Å². The van der Waals surface area contributed by atoms with Crippen molar-refractivity contribution in [3.05, 3.63) is 0 Å². The first kappa shape index (κ1) is 11.9. The average molecular weight is 224 g/mol. The number of likely N-dealkylation sites (tertiary alicyclic amines) is 1. The third-order valence-corrected chi connectivity index (χ3v) is 4.42. The van der Waals surface area contributed by atoms with Gasteiger partial charge >= 0.3 is 0 Å². The SMILES string of the molecule is CC[C@H](C)C1CCN(C(=O)[C@H]2CCN2)CC1. The van der Waals surface area contributed by atoms with Gasteiger partial charge in [-0.2, -0.15) is 0 Å². The van der Waals surface area contributed by atoms with Gasteiger partial charge in [-0.15, -0.1) is 0 Å².